The van der Waals surface area contributed by atoms with Gasteiger partial charge in [0.25, 0.3) is 7.82 Å². The summed E-state index contributed by atoms with van der Waals surface area (Å²) < 4.78 is 34.5. The molecule has 0 fully saturated rings. The molecule has 1 unspecified atom stereocenters. The van der Waals surface area contributed by atoms with Crippen LogP contribution in [0.1, 0.15) is 98.3 Å². The zero-order valence-electron chi connectivity index (χ0n) is 25.0. The second-order valence-electron chi connectivity index (χ2n) is 11.7. The van der Waals surface area contributed by atoms with Crippen LogP contribution < -0.4 is 4.89 Å². The molecule has 0 aromatic rings. The quantitative estimate of drug-likeness (QED) is 0.0571. The van der Waals surface area contributed by atoms with Crippen LogP contribution in [0.2, 0.25) is 0 Å². The third kappa shape index (κ3) is 28.3. The van der Waals surface area contributed by atoms with Gasteiger partial charge in [0, 0.05) is 6.61 Å². The predicted octanol–water partition coefficient (Wildman–Crippen LogP) is 6.82. The number of hydrogen-bond acceptors (Lipinski definition) is 6. The first-order valence-electron chi connectivity index (χ1n) is 14.3. The molecule has 0 N–H and O–H groups in total. The smallest absolute Gasteiger partial charge is 0.268 e. The number of likely N-dealkylation sites (N-methyl/N-ethyl adjacent to an activating group) is 1. The lowest BCUT2D eigenvalue weighted by atomic mass is 10.1. The van der Waals surface area contributed by atoms with Gasteiger partial charge in [-0.05, 0) is 72.1 Å². The van der Waals surface area contributed by atoms with Crippen LogP contribution in [0.3, 0.4) is 0 Å². The average Bonchev–Trinajstić information content (AvgIpc) is 2.77. The summed E-state index contributed by atoms with van der Waals surface area (Å²) in [7, 11) is 1.53. The van der Waals surface area contributed by atoms with Crippen LogP contribution in [-0.4, -0.2) is 70.3 Å². The fraction of sp³-hybridized carbons (Fsp3) is 0.862. The molecule has 0 aliphatic heterocycles. The number of phosphoric acid groups is 1. The highest BCUT2D eigenvalue weighted by Gasteiger charge is 2.22. The van der Waals surface area contributed by atoms with E-state index in [-0.39, 0.29) is 19.8 Å². The fourth-order valence-electron chi connectivity index (χ4n) is 3.43. The van der Waals surface area contributed by atoms with Gasteiger partial charge < -0.3 is 27.9 Å². The molecule has 0 radical (unpaired) electrons. The third-order valence-corrected chi connectivity index (χ3v) is 6.43. The van der Waals surface area contributed by atoms with Crippen molar-refractivity contribution < 1.29 is 32.5 Å². The van der Waals surface area contributed by atoms with Crippen LogP contribution in [0.25, 0.3) is 0 Å². The minimum Gasteiger partial charge on any atom is -0.756 e. The van der Waals surface area contributed by atoms with Crippen LogP contribution in [0.4, 0.5) is 0 Å². The minimum atomic E-state index is -4.38. The van der Waals surface area contributed by atoms with Gasteiger partial charge in [0.05, 0.1) is 40.0 Å². The molecule has 0 aromatic heterocycles. The minimum absolute atomic E-state index is 0.0809. The van der Waals surface area contributed by atoms with Crippen LogP contribution >= 0.6 is 7.82 Å². The molecule has 0 aliphatic carbocycles. The average molecular weight is 548 g/mol. The molecule has 0 amide bonds. The van der Waals surface area contributed by atoms with Gasteiger partial charge in [0.2, 0.25) is 0 Å². The van der Waals surface area contributed by atoms with Gasteiger partial charge in [-0.2, -0.15) is 0 Å². The van der Waals surface area contributed by atoms with Crippen LogP contribution in [-0.2, 0) is 23.1 Å². The summed E-state index contributed by atoms with van der Waals surface area (Å²) in [5, 5.41) is 0. The van der Waals surface area contributed by atoms with Crippen LogP contribution in [0, 0.1) is 0 Å². The van der Waals surface area contributed by atoms with Crippen LogP contribution in [0.5, 0.6) is 0 Å². The lowest BCUT2D eigenvalue weighted by Crippen LogP contribution is -2.38. The van der Waals surface area contributed by atoms with Crippen molar-refractivity contribution in [1.82, 2.24) is 0 Å². The molecule has 220 valence electrons. The van der Waals surface area contributed by atoms with E-state index < -0.39 is 19.5 Å². The number of phosphoric ester groups is 1. The Morgan fingerprint density at radius 1 is 0.784 bits per heavy atom. The van der Waals surface area contributed by atoms with E-state index in [1.54, 1.807) is 0 Å². The standard InChI is InChI=1S/C29H58NO6P/c1-8-9-10-11-12-13-14-15-16-17-18-19-20-21-22-24-33-26-28(36-29(2,3)4)27-35-37(31,32)34-25-23-30(5,6)7/h11-12,17-18,28H,8-10,13-16,19-27H2,1-7H3/b12-11-,18-17-/t28-/m1/s1. The Morgan fingerprint density at radius 3 is 1.84 bits per heavy atom. The van der Waals surface area contributed by atoms with E-state index >= 15 is 0 Å². The van der Waals surface area contributed by atoms with Crippen molar-refractivity contribution in [2.45, 2.75) is 110 Å². The molecule has 0 saturated carbocycles. The molecule has 0 aromatic carbocycles. The number of rotatable bonds is 24. The third-order valence-electron chi connectivity index (χ3n) is 5.46. The molecule has 0 heterocycles. The molecular formula is C29H58NO6P. The van der Waals surface area contributed by atoms with Crippen LogP contribution in [0.15, 0.2) is 24.3 Å². The van der Waals surface area contributed by atoms with Crippen molar-refractivity contribution in [2.24, 2.45) is 0 Å². The van der Waals surface area contributed by atoms with Gasteiger partial charge in [0.15, 0.2) is 0 Å². The van der Waals surface area contributed by atoms with Gasteiger partial charge in [-0.25, -0.2) is 0 Å². The van der Waals surface area contributed by atoms with E-state index in [2.05, 4.69) is 31.2 Å². The number of nitrogens with zero attached hydrogens (tertiary/aromatic N) is 1. The van der Waals surface area contributed by atoms with E-state index in [1.807, 2.05) is 41.9 Å². The number of unbranched alkanes of at least 4 members (excludes halogenated alkanes) is 8. The van der Waals surface area contributed by atoms with Crippen molar-refractivity contribution in [2.75, 3.05) is 54.1 Å². The topological polar surface area (TPSA) is 77.1 Å². The zero-order chi connectivity index (χ0) is 28.0. The summed E-state index contributed by atoms with van der Waals surface area (Å²) in [5.41, 5.74) is -0.438. The Balaban J connectivity index is 3.98. The second kappa shape index (κ2) is 21.3. The molecule has 7 nitrogen and oxygen atoms in total. The van der Waals surface area contributed by atoms with E-state index in [0.717, 1.165) is 25.7 Å². The number of allylic oxidation sites excluding steroid dienone is 4. The summed E-state index contributed by atoms with van der Waals surface area (Å²) in [5.74, 6) is 0. The number of ether oxygens (including phenoxy) is 2. The number of quaternary nitrogens is 1. The normalized spacial score (nSPS) is 15.6. The fourth-order valence-corrected chi connectivity index (χ4v) is 4.16. The SMILES string of the molecule is CCCC/C=C\CCCC/C=C\CCCCCOC[C@H](COP(=O)([O-])OCC[N+](C)(C)C)OC(C)(C)C. The van der Waals surface area contributed by atoms with Gasteiger partial charge in [-0.15, -0.1) is 0 Å². The van der Waals surface area contributed by atoms with Crippen molar-refractivity contribution in [3.63, 3.8) is 0 Å². The summed E-state index contributed by atoms with van der Waals surface area (Å²) in [6.07, 6.45) is 21.8. The molecule has 0 bridgehead atoms. The lowest BCUT2D eigenvalue weighted by molar-refractivity contribution is -0.870. The Morgan fingerprint density at radius 2 is 1.32 bits per heavy atom. The van der Waals surface area contributed by atoms with Crippen molar-refractivity contribution in [1.29, 1.82) is 0 Å². The Bertz CT molecular complexity index is 639. The molecule has 0 rings (SSSR count). The van der Waals surface area contributed by atoms with Gasteiger partial charge in [0.1, 0.15) is 19.3 Å². The van der Waals surface area contributed by atoms with Gasteiger partial charge in [-0.1, -0.05) is 50.5 Å². The molecule has 37 heavy (non-hydrogen) atoms. The summed E-state index contributed by atoms with van der Waals surface area (Å²) in [6.45, 7) is 9.43. The van der Waals surface area contributed by atoms with Crippen molar-refractivity contribution >= 4 is 7.82 Å². The largest absolute Gasteiger partial charge is 0.756 e. The van der Waals surface area contributed by atoms with Gasteiger partial charge >= 0.3 is 0 Å². The van der Waals surface area contributed by atoms with E-state index in [1.165, 1.54) is 44.9 Å². The highest BCUT2D eigenvalue weighted by Crippen LogP contribution is 2.38. The molecule has 0 saturated heterocycles. The Hall–Kier alpha value is -0.530. The first kappa shape index (κ1) is 36.5. The first-order valence-corrected chi connectivity index (χ1v) is 15.8. The highest BCUT2D eigenvalue weighted by atomic mass is 31.2. The summed E-state index contributed by atoms with van der Waals surface area (Å²) in [4.78, 5) is 12.1. The maximum Gasteiger partial charge on any atom is 0.268 e. The Labute approximate surface area is 228 Å². The predicted molar refractivity (Wildman–Crippen MR) is 153 cm³/mol. The highest BCUT2D eigenvalue weighted by molar-refractivity contribution is 7.45. The maximum absolute atomic E-state index is 12.1. The monoisotopic (exact) mass is 547 g/mol. The zero-order valence-corrected chi connectivity index (χ0v) is 25.9. The summed E-state index contributed by atoms with van der Waals surface area (Å²) >= 11 is 0. The maximum atomic E-state index is 12.1. The van der Waals surface area contributed by atoms with Gasteiger partial charge in [-0.3, -0.25) is 4.57 Å². The van der Waals surface area contributed by atoms with E-state index in [0.29, 0.717) is 17.6 Å². The number of hydrogen-bond donors (Lipinski definition) is 0. The van der Waals surface area contributed by atoms with E-state index in [4.69, 9.17) is 18.5 Å². The van der Waals surface area contributed by atoms with Crippen molar-refractivity contribution in [3.05, 3.63) is 24.3 Å². The first-order chi connectivity index (χ1) is 17.3. The van der Waals surface area contributed by atoms with Crippen molar-refractivity contribution in [3.8, 4) is 0 Å². The second-order valence-corrected chi connectivity index (χ2v) is 13.1. The molecular weight excluding hydrogens is 489 g/mol. The lowest BCUT2D eigenvalue weighted by Gasteiger charge is -2.31. The molecule has 2 atom stereocenters. The molecule has 8 heteroatoms. The van der Waals surface area contributed by atoms with E-state index in [9.17, 15) is 9.46 Å². The summed E-state index contributed by atoms with van der Waals surface area (Å²) in [6, 6.07) is 0. The molecule has 0 spiro atoms. The molecule has 0 aliphatic rings. The Kier molecular flexibility index (Phi) is 21.0.